The van der Waals surface area contributed by atoms with Gasteiger partial charge in [-0.3, -0.25) is 14.5 Å². The molecule has 1 atom stereocenters. The smallest absolute Gasteiger partial charge is 0.320 e. The summed E-state index contributed by atoms with van der Waals surface area (Å²) in [5.41, 5.74) is 4.81. The summed E-state index contributed by atoms with van der Waals surface area (Å²) in [6.45, 7) is 6.82. The zero-order valence-electron chi connectivity index (χ0n) is 15.7. The number of nitrogens with zero attached hydrogens (tertiary/aromatic N) is 2. The van der Waals surface area contributed by atoms with Crippen molar-refractivity contribution in [1.82, 2.24) is 9.47 Å². The van der Waals surface area contributed by atoms with Crippen LogP contribution in [-0.2, 0) is 4.79 Å². The normalized spacial score (nSPS) is 18.0. The van der Waals surface area contributed by atoms with Gasteiger partial charge in [-0.2, -0.15) is 0 Å². The highest BCUT2D eigenvalue weighted by Crippen LogP contribution is 2.23. The maximum Gasteiger partial charge on any atom is 0.320 e. The molecule has 1 aliphatic rings. The van der Waals surface area contributed by atoms with Gasteiger partial charge in [0.1, 0.15) is 6.04 Å². The molecule has 1 unspecified atom stereocenters. The Labute approximate surface area is 154 Å². The van der Waals surface area contributed by atoms with Crippen LogP contribution in [-0.4, -0.2) is 45.5 Å². The number of hydrogen-bond acceptors (Lipinski definition) is 3. The number of ketones is 1. The van der Waals surface area contributed by atoms with E-state index < -0.39 is 12.0 Å². The van der Waals surface area contributed by atoms with Gasteiger partial charge in [0, 0.05) is 22.6 Å². The highest BCUT2D eigenvalue weighted by Gasteiger charge is 2.30. The average Bonchev–Trinajstić information content (AvgIpc) is 2.91. The standard InChI is InChI=1S/C21H26N2O3/c1-14-7-9-17(10-8-14)23-15(2)12-18(16(23)3)20(24)13-22-11-5-4-6-19(22)21(25)26/h7-10,12,19H,4-6,11,13H2,1-3H3,(H,25,26). The Kier molecular flexibility index (Phi) is 5.28. The first-order valence-electron chi connectivity index (χ1n) is 9.14. The minimum Gasteiger partial charge on any atom is -0.480 e. The summed E-state index contributed by atoms with van der Waals surface area (Å²) in [6, 6.07) is 9.58. The van der Waals surface area contributed by atoms with Crippen LogP contribution in [0.3, 0.4) is 0 Å². The first-order chi connectivity index (χ1) is 12.4. The van der Waals surface area contributed by atoms with E-state index in [1.165, 1.54) is 5.56 Å². The predicted octanol–water partition coefficient (Wildman–Crippen LogP) is 3.52. The maximum absolute atomic E-state index is 12.9. The third-order valence-electron chi connectivity index (χ3n) is 5.27. The molecule has 3 rings (SSSR count). The lowest BCUT2D eigenvalue weighted by atomic mass is 10.0. The number of carboxylic acid groups (broad SMARTS) is 1. The minimum absolute atomic E-state index is 0.00962. The van der Waals surface area contributed by atoms with Crippen molar-refractivity contribution in [2.75, 3.05) is 13.1 Å². The number of carbonyl (C=O) groups excluding carboxylic acids is 1. The zero-order valence-corrected chi connectivity index (χ0v) is 15.7. The fourth-order valence-corrected chi connectivity index (χ4v) is 3.87. The van der Waals surface area contributed by atoms with E-state index in [0.29, 0.717) is 18.5 Å². The van der Waals surface area contributed by atoms with Gasteiger partial charge in [-0.25, -0.2) is 0 Å². The Bertz CT molecular complexity index is 821. The summed E-state index contributed by atoms with van der Waals surface area (Å²) in [7, 11) is 0. The van der Waals surface area contributed by atoms with Crippen LogP contribution >= 0.6 is 0 Å². The van der Waals surface area contributed by atoms with E-state index in [2.05, 4.69) is 28.8 Å². The van der Waals surface area contributed by atoms with Crippen LogP contribution in [0.1, 0.15) is 46.6 Å². The summed E-state index contributed by atoms with van der Waals surface area (Å²) in [4.78, 5) is 26.2. The number of aromatic nitrogens is 1. The van der Waals surface area contributed by atoms with E-state index in [9.17, 15) is 14.7 Å². The number of carbonyl (C=O) groups is 2. The van der Waals surface area contributed by atoms with Gasteiger partial charge in [0.2, 0.25) is 0 Å². The van der Waals surface area contributed by atoms with E-state index in [-0.39, 0.29) is 12.3 Å². The number of piperidine rings is 1. The number of Topliss-reactive ketones (excluding diaryl/α,β-unsaturated/α-hetero) is 1. The molecule has 2 aromatic rings. The lowest BCUT2D eigenvalue weighted by molar-refractivity contribution is -0.144. The Morgan fingerprint density at radius 1 is 1.12 bits per heavy atom. The molecule has 0 saturated carbocycles. The second-order valence-corrected chi connectivity index (χ2v) is 7.20. The molecule has 0 spiro atoms. The van der Waals surface area contributed by atoms with Gasteiger partial charge in [-0.15, -0.1) is 0 Å². The highest BCUT2D eigenvalue weighted by atomic mass is 16.4. The number of aliphatic carboxylic acids is 1. The first kappa shape index (κ1) is 18.4. The maximum atomic E-state index is 12.9. The van der Waals surface area contributed by atoms with Crippen molar-refractivity contribution in [3.63, 3.8) is 0 Å². The molecule has 1 aromatic heterocycles. The minimum atomic E-state index is -0.831. The average molecular weight is 354 g/mol. The number of benzene rings is 1. The Hall–Kier alpha value is -2.40. The van der Waals surface area contributed by atoms with Gasteiger partial charge in [0.05, 0.1) is 6.54 Å². The largest absolute Gasteiger partial charge is 0.480 e. The third-order valence-corrected chi connectivity index (χ3v) is 5.27. The van der Waals surface area contributed by atoms with E-state index >= 15 is 0 Å². The van der Waals surface area contributed by atoms with Gasteiger partial charge in [0.15, 0.2) is 5.78 Å². The number of rotatable bonds is 5. The molecule has 0 aliphatic carbocycles. The van der Waals surface area contributed by atoms with Crippen LogP contribution in [0.25, 0.3) is 5.69 Å². The highest BCUT2D eigenvalue weighted by molar-refractivity contribution is 5.99. The summed E-state index contributed by atoms with van der Waals surface area (Å²) in [5, 5.41) is 9.41. The number of aryl methyl sites for hydroxylation is 2. The molecular formula is C21H26N2O3. The summed E-state index contributed by atoms with van der Waals surface area (Å²) in [6.07, 6.45) is 2.47. The van der Waals surface area contributed by atoms with Gasteiger partial charge >= 0.3 is 5.97 Å². The molecule has 138 valence electrons. The van der Waals surface area contributed by atoms with Crippen LogP contribution in [0.2, 0.25) is 0 Å². The predicted molar refractivity (Wildman–Crippen MR) is 101 cm³/mol. The molecule has 1 aliphatic heterocycles. The van der Waals surface area contributed by atoms with Crippen molar-refractivity contribution in [2.24, 2.45) is 0 Å². The molecule has 0 bridgehead atoms. The molecule has 5 nitrogen and oxygen atoms in total. The van der Waals surface area contributed by atoms with Crippen molar-refractivity contribution in [1.29, 1.82) is 0 Å². The fourth-order valence-electron chi connectivity index (χ4n) is 3.87. The van der Waals surface area contributed by atoms with Gasteiger partial charge < -0.3 is 9.67 Å². The summed E-state index contributed by atoms with van der Waals surface area (Å²) >= 11 is 0. The first-order valence-corrected chi connectivity index (χ1v) is 9.14. The van der Waals surface area contributed by atoms with Crippen molar-refractivity contribution >= 4 is 11.8 Å². The number of carboxylic acids is 1. The van der Waals surface area contributed by atoms with Gasteiger partial charge in [0.25, 0.3) is 0 Å². The molecule has 26 heavy (non-hydrogen) atoms. The molecule has 1 N–H and O–H groups in total. The SMILES string of the molecule is Cc1ccc(-n2c(C)cc(C(=O)CN3CCCCC3C(=O)O)c2C)cc1. The van der Waals surface area contributed by atoms with Crippen LogP contribution in [0.4, 0.5) is 0 Å². The molecule has 2 heterocycles. The molecule has 1 fully saturated rings. The monoisotopic (exact) mass is 354 g/mol. The van der Waals surface area contributed by atoms with Gasteiger partial charge in [-0.05, 0) is 58.4 Å². The van der Waals surface area contributed by atoms with E-state index in [1.807, 2.05) is 31.7 Å². The molecule has 0 amide bonds. The van der Waals surface area contributed by atoms with Crippen LogP contribution in [0.5, 0.6) is 0 Å². The molecule has 1 saturated heterocycles. The topological polar surface area (TPSA) is 62.5 Å². The molecular weight excluding hydrogens is 328 g/mol. The number of hydrogen-bond donors (Lipinski definition) is 1. The van der Waals surface area contributed by atoms with Gasteiger partial charge in [-0.1, -0.05) is 24.1 Å². The van der Waals surface area contributed by atoms with Crippen LogP contribution < -0.4 is 0 Å². The second-order valence-electron chi connectivity index (χ2n) is 7.20. The van der Waals surface area contributed by atoms with Crippen LogP contribution in [0, 0.1) is 20.8 Å². The Morgan fingerprint density at radius 3 is 2.46 bits per heavy atom. The second kappa shape index (κ2) is 7.46. The van der Waals surface area contributed by atoms with E-state index in [4.69, 9.17) is 0 Å². The Morgan fingerprint density at radius 2 is 1.81 bits per heavy atom. The molecule has 5 heteroatoms. The zero-order chi connectivity index (χ0) is 18.8. The van der Waals surface area contributed by atoms with Crippen molar-refractivity contribution in [2.45, 2.75) is 46.1 Å². The van der Waals surface area contributed by atoms with Crippen molar-refractivity contribution in [3.8, 4) is 5.69 Å². The summed E-state index contributed by atoms with van der Waals surface area (Å²) < 4.78 is 2.08. The lowest BCUT2D eigenvalue weighted by Gasteiger charge is -2.32. The fraction of sp³-hybridized carbons (Fsp3) is 0.429. The lowest BCUT2D eigenvalue weighted by Crippen LogP contribution is -2.46. The van der Waals surface area contributed by atoms with Crippen molar-refractivity contribution in [3.05, 3.63) is 52.8 Å². The third kappa shape index (κ3) is 3.58. The molecule has 0 radical (unpaired) electrons. The Balaban J connectivity index is 1.85. The molecule has 1 aromatic carbocycles. The number of likely N-dealkylation sites (tertiary alicyclic amines) is 1. The van der Waals surface area contributed by atoms with Crippen molar-refractivity contribution < 1.29 is 14.7 Å². The van der Waals surface area contributed by atoms with E-state index in [1.54, 1.807) is 0 Å². The quantitative estimate of drug-likeness (QED) is 0.835. The van der Waals surface area contributed by atoms with E-state index in [0.717, 1.165) is 29.9 Å². The summed E-state index contributed by atoms with van der Waals surface area (Å²) in [5.74, 6) is -0.841. The van der Waals surface area contributed by atoms with Crippen LogP contribution in [0.15, 0.2) is 30.3 Å².